The third-order valence-electron chi connectivity index (χ3n) is 3.41. The molecule has 0 saturated heterocycles. The molecule has 1 unspecified atom stereocenters. The van der Waals surface area contributed by atoms with Crippen LogP contribution in [0.5, 0.6) is 0 Å². The van der Waals surface area contributed by atoms with E-state index >= 15 is 0 Å². The van der Waals surface area contributed by atoms with Gasteiger partial charge in [-0.2, -0.15) is 0 Å². The van der Waals surface area contributed by atoms with Gasteiger partial charge in [-0.25, -0.2) is 9.82 Å². The highest BCUT2D eigenvalue weighted by Gasteiger charge is 2.20. The van der Waals surface area contributed by atoms with Crippen molar-refractivity contribution >= 4 is 15.9 Å². The van der Waals surface area contributed by atoms with Crippen molar-refractivity contribution in [3.05, 3.63) is 45.7 Å². The first-order chi connectivity index (χ1) is 8.74. The number of nitrogens with two attached hydrogens (primary N) is 1. The minimum atomic E-state index is -0.231. The summed E-state index contributed by atoms with van der Waals surface area (Å²) in [5, 5.41) is 0. The van der Waals surface area contributed by atoms with Crippen LogP contribution in [0.1, 0.15) is 43.7 Å². The first kappa shape index (κ1) is 13.7. The molecule has 2 rings (SSSR count). The van der Waals surface area contributed by atoms with Crippen molar-refractivity contribution < 1.29 is 4.39 Å². The van der Waals surface area contributed by atoms with Crippen LogP contribution < -0.4 is 11.3 Å². The molecular formula is C14H18BrFN2. The Hall–Kier alpha value is -0.710. The molecular weight excluding hydrogens is 295 g/mol. The van der Waals surface area contributed by atoms with E-state index in [4.69, 9.17) is 5.84 Å². The highest BCUT2D eigenvalue weighted by atomic mass is 79.9. The fraction of sp³-hybridized carbons (Fsp3) is 0.429. The zero-order chi connectivity index (χ0) is 13.0. The predicted molar refractivity (Wildman–Crippen MR) is 75.3 cm³/mol. The van der Waals surface area contributed by atoms with Gasteiger partial charge < -0.3 is 0 Å². The fourth-order valence-electron chi connectivity index (χ4n) is 2.44. The number of allylic oxidation sites excluding steroid dienone is 1. The second-order valence-electron chi connectivity index (χ2n) is 4.62. The highest BCUT2D eigenvalue weighted by molar-refractivity contribution is 9.10. The Labute approximate surface area is 116 Å². The second-order valence-corrected chi connectivity index (χ2v) is 5.48. The lowest BCUT2D eigenvalue weighted by atomic mass is 9.95. The molecule has 1 aliphatic rings. The summed E-state index contributed by atoms with van der Waals surface area (Å²) in [6.07, 6.45) is 7.85. The fourth-order valence-corrected chi connectivity index (χ4v) is 2.82. The summed E-state index contributed by atoms with van der Waals surface area (Å²) in [6, 6.07) is 5.11. The first-order valence-electron chi connectivity index (χ1n) is 6.33. The lowest BCUT2D eigenvalue weighted by Crippen LogP contribution is -2.30. The van der Waals surface area contributed by atoms with Crippen molar-refractivity contribution in [1.29, 1.82) is 0 Å². The van der Waals surface area contributed by atoms with E-state index in [1.54, 1.807) is 12.1 Å². The molecule has 0 fully saturated rings. The summed E-state index contributed by atoms with van der Waals surface area (Å²) in [5.41, 5.74) is 4.57. The van der Waals surface area contributed by atoms with Gasteiger partial charge in [0.05, 0.1) is 10.5 Å². The van der Waals surface area contributed by atoms with Crippen LogP contribution in [-0.2, 0) is 0 Å². The summed E-state index contributed by atoms with van der Waals surface area (Å²) in [5.74, 6) is 5.40. The van der Waals surface area contributed by atoms with Crippen LogP contribution in [0.3, 0.4) is 0 Å². The molecule has 0 spiro atoms. The Kier molecular flexibility index (Phi) is 4.92. The van der Waals surface area contributed by atoms with Crippen LogP contribution in [0.15, 0.2) is 34.3 Å². The Morgan fingerprint density at radius 3 is 2.89 bits per heavy atom. The summed E-state index contributed by atoms with van der Waals surface area (Å²) < 4.78 is 14.6. The van der Waals surface area contributed by atoms with Crippen molar-refractivity contribution in [2.24, 2.45) is 5.84 Å². The van der Waals surface area contributed by atoms with Crippen LogP contribution in [0.4, 0.5) is 4.39 Å². The lowest BCUT2D eigenvalue weighted by Gasteiger charge is -2.20. The normalized spacial score (nSPS) is 18.1. The van der Waals surface area contributed by atoms with E-state index in [2.05, 4.69) is 27.4 Å². The molecule has 1 aliphatic carbocycles. The Morgan fingerprint density at radius 1 is 1.28 bits per heavy atom. The van der Waals surface area contributed by atoms with E-state index in [1.807, 2.05) is 6.07 Å². The van der Waals surface area contributed by atoms with E-state index in [9.17, 15) is 4.39 Å². The predicted octanol–water partition coefficient (Wildman–Crippen LogP) is 3.98. The summed E-state index contributed by atoms with van der Waals surface area (Å²) >= 11 is 3.22. The molecule has 1 aromatic carbocycles. The molecule has 1 atom stereocenters. The molecule has 1 aromatic rings. The van der Waals surface area contributed by atoms with Crippen molar-refractivity contribution in [2.45, 2.75) is 38.1 Å². The molecule has 3 N–H and O–H groups in total. The maximum absolute atomic E-state index is 14.1. The Morgan fingerprint density at radius 2 is 2.11 bits per heavy atom. The van der Waals surface area contributed by atoms with Gasteiger partial charge in [0.1, 0.15) is 5.82 Å². The molecule has 0 bridgehead atoms. The van der Waals surface area contributed by atoms with Crippen molar-refractivity contribution in [1.82, 2.24) is 5.43 Å². The van der Waals surface area contributed by atoms with Crippen molar-refractivity contribution in [3.63, 3.8) is 0 Å². The van der Waals surface area contributed by atoms with E-state index in [1.165, 1.54) is 18.4 Å². The minimum absolute atomic E-state index is 0.222. The maximum atomic E-state index is 14.1. The van der Waals surface area contributed by atoms with Crippen molar-refractivity contribution in [3.8, 4) is 0 Å². The van der Waals surface area contributed by atoms with Gasteiger partial charge in [0.2, 0.25) is 0 Å². The molecule has 0 saturated carbocycles. The van der Waals surface area contributed by atoms with E-state index in [0.29, 0.717) is 10.0 Å². The molecule has 4 heteroatoms. The molecule has 0 amide bonds. The van der Waals surface area contributed by atoms with Crippen LogP contribution in [0.2, 0.25) is 0 Å². The Balaban J connectivity index is 2.32. The van der Waals surface area contributed by atoms with E-state index in [0.717, 1.165) is 19.3 Å². The zero-order valence-corrected chi connectivity index (χ0v) is 11.8. The molecule has 0 radical (unpaired) electrons. The van der Waals surface area contributed by atoms with Crippen LogP contribution >= 0.6 is 15.9 Å². The highest BCUT2D eigenvalue weighted by Crippen LogP contribution is 2.32. The number of hydrogen-bond donors (Lipinski definition) is 2. The quantitative estimate of drug-likeness (QED) is 0.503. The molecule has 18 heavy (non-hydrogen) atoms. The van der Waals surface area contributed by atoms with Gasteiger partial charge in [-0.1, -0.05) is 30.2 Å². The third kappa shape index (κ3) is 2.99. The van der Waals surface area contributed by atoms with Crippen LogP contribution in [-0.4, -0.2) is 0 Å². The molecule has 0 aromatic heterocycles. The van der Waals surface area contributed by atoms with Gasteiger partial charge >= 0.3 is 0 Å². The van der Waals surface area contributed by atoms with Crippen LogP contribution in [0.25, 0.3) is 0 Å². The second kappa shape index (κ2) is 6.45. The number of nitrogens with one attached hydrogen (secondary N) is 1. The topological polar surface area (TPSA) is 38.0 Å². The third-order valence-corrected chi connectivity index (χ3v) is 4.02. The average Bonchev–Trinajstić information content (AvgIpc) is 2.64. The molecule has 98 valence electrons. The zero-order valence-electron chi connectivity index (χ0n) is 10.3. The van der Waals surface area contributed by atoms with Gasteiger partial charge in [0, 0.05) is 5.56 Å². The number of halogens is 2. The smallest absolute Gasteiger partial charge is 0.142 e. The van der Waals surface area contributed by atoms with Gasteiger partial charge in [-0.3, -0.25) is 5.84 Å². The average molecular weight is 313 g/mol. The molecule has 0 heterocycles. The molecule has 0 aliphatic heterocycles. The van der Waals surface area contributed by atoms with Crippen LogP contribution in [0, 0.1) is 5.82 Å². The number of hydrogen-bond acceptors (Lipinski definition) is 2. The van der Waals surface area contributed by atoms with Crippen molar-refractivity contribution in [2.75, 3.05) is 0 Å². The van der Waals surface area contributed by atoms with Gasteiger partial charge in [0.25, 0.3) is 0 Å². The summed E-state index contributed by atoms with van der Waals surface area (Å²) in [7, 11) is 0. The Bertz CT molecular complexity index is 445. The standard InChI is InChI=1S/C14H18BrFN2/c15-12-9-5-8-11(13(12)16)14(18-17)10-6-3-1-2-4-7-10/h5-6,8-9,14,18H,1-4,7,17H2. The van der Waals surface area contributed by atoms with Gasteiger partial charge in [-0.05, 0) is 47.7 Å². The summed E-state index contributed by atoms with van der Waals surface area (Å²) in [6.45, 7) is 0. The van der Waals surface area contributed by atoms with Gasteiger partial charge in [0.15, 0.2) is 0 Å². The monoisotopic (exact) mass is 312 g/mol. The van der Waals surface area contributed by atoms with E-state index in [-0.39, 0.29) is 11.9 Å². The minimum Gasteiger partial charge on any atom is -0.271 e. The number of rotatable bonds is 3. The largest absolute Gasteiger partial charge is 0.271 e. The lowest BCUT2D eigenvalue weighted by molar-refractivity contribution is 0.538. The van der Waals surface area contributed by atoms with Gasteiger partial charge in [-0.15, -0.1) is 0 Å². The first-order valence-corrected chi connectivity index (χ1v) is 7.12. The molecule has 2 nitrogen and oxygen atoms in total. The number of benzene rings is 1. The SMILES string of the molecule is NNC(C1=CCCCCC1)c1cccc(Br)c1F. The number of hydrazine groups is 1. The summed E-state index contributed by atoms with van der Waals surface area (Å²) in [4.78, 5) is 0. The van der Waals surface area contributed by atoms with E-state index < -0.39 is 0 Å². The maximum Gasteiger partial charge on any atom is 0.142 e.